The van der Waals surface area contributed by atoms with E-state index < -0.39 is 6.04 Å². The first-order valence-electron chi connectivity index (χ1n) is 6.50. The number of H-pyrrole nitrogens is 1. The molecule has 108 valence electrons. The molecule has 2 aromatic rings. The minimum atomic E-state index is -0.391. The Morgan fingerprint density at radius 1 is 1.35 bits per heavy atom. The molecule has 0 saturated carbocycles. The van der Waals surface area contributed by atoms with Crippen molar-refractivity contribution in [3.8, 4) is 5.75 Å². The van der Waals surface area contributed by atoms with E-state index >= 15 is 0 Å². The summed E-state index contributed by atoms with van der Waals surface area (Å²) in [5.74, 6) is 0.754. The molecule has 20 heavy (non-hydrogen) atoms. The Bertz CT molecular complexity index is 634. The van der Waals surface area contributed by atoms with Gasteiger partial charge in [-0.1, -0.05) is 12.1 Å². The van der Waals surface area contributed by atoms with Crippen LogP contribution < -0.4 is 11.4 Å². The van der Waals surface area contributed by atoms with Crippen molar-refractivity contribution in [1.29, 1.82) is 0 Å². The summed E-state index contributed by atoms with van der Waals surface area (Å²) in [5, 5.41) is 15.8. The van der Waals surface area contributed by atoms with Gasteiger partial charge in [0.05, 0.1) is 6.04 Å². The summed E-state index contributed by atoms with van der Waals surface area (Å²) in [6.07, 6.45) is 0.542. The third-order valence-corrected chi connectivity index (χ3v) is 3.09. The zero-order valence-corrected chi connectivity index (χ0v) is 11.9. The van der Waals surface area contributed by atoms with Gasteiger partial charge in [-0.15, -0.1) is 0 Å². The smallest absolute Gasteiger partial charge is 0.343 e. The maximum absolute atomic E-state index is 11.8. The summed E-state index contributed by atoms with van der Waals surface area (Å²) < 4.78 is 1.58. The molecule has 0 fully saturated rings. The van der Waals surface area contributed by atoms with Crippen LogP contribution in [0.25, 0.3) is 0 Å². The van der Waals surface area contributed by atoms with Gasteiger partial charge in [-0.25, -0.2) is 9.89 Å². The SMILES string of the molecule is CC(C)(C)n1c([C@@H](N)Cc2ccc(O)cc2)n[nH]c1=O. The highest BCUT2D eigenvalue weighted by atomic mass is 16.3. The van der Waals surface area contributed by atoms with Crippen molar-refractivity contribution in [3.05, 3.63) is 46.1 Å². The lowest BCUT2D eigenvalue weighted by Gasteiger charge is -2.23. The zero-order chi connectivity index (χ0) is 14.9. The second kappa shape index (κ2) is 5.13. The number of rotatable bonds is 3. The number of nitrogens with two attached hydrogens (primary N) is 1. The van der Waals surface area contributed by atoms with Gasteiger partial charge in [-0.05, 0) is 44.9 Å². The van der Waals surface area contributed by atoms with E-state index in [0.29, 0.717) is 12.2 Å². The average molecular weight is 276 g/mol. The van der Waals surface area contributed by atoms with Crippen LogP contribution in [0.1, 0.15) is 38.2 Å². The Hall–Kier alpha value is -2.08. The van der Waals surface area contributed by atoms with Crippen LogP contribution in [-0.4, -0.2) is 19.9 Å². The summed E-state index contributed by atoms with van der Waals surface area (Å²) in [7, 11) is 0. The third kappa shape index (κ3) is 2.91. The second-order valence-corrected chi connectivity index (χ2v) is 5.87. The van der Waals surface area contributed by atoms with Crippen LogP contribution in [0.3, 0.4) is 0 Å². The number of aromatic nitrogens is 3. The van der Waals surface area contributed by atoms with E-state index in [1.54, 1.807) is 28.8 Å². The molecular weight excluding hydrogens is 256 g/mol. The first-order valence-corrected chi connectivity index (χ1v) is 6.50. The summed E-state index contributed by atoms with van der Waals surface area (Å²) in [4.78, 5) is 11.8. The molecular formula is C14H20N4O2. The summed E-state index contributed by atoms with van der Waals surface area (Å²) in [6.45, 7) is 5.79. The quantitative estimate of drug-likeness (QED) is 0.786. The molecule has 0 aliphatic carbocycles. The monoisotopic (exact) mass is 276 g/mol. The van der Waals surface area contributed by atoms with Crippen molar-refractivity contribution in [2.24, 2.45) is 5.73 Å². The highest BCUT2D eigenvalue weighted by Gasteiger charge is 2.24. The lowest BCUT2D eigenvalue weighted by molar-refractivity contribution is 0.361. The number of phenolic OH excluding ortho intramolecular Hbond substituents is 1. The molecule has 0 saturated heterocycles. The normalized spacial score (nSPS) is 13.4. The summed E-state index contributed by atoms with van der Waals surface area (Å²) >= 11 is 0. The van der Waals surface area contributed by atoms with Crippen LogP contribution in [0.5, 0.6) is 5.75 Å². The first-order chi connectivity index (χ1) is 9.29. The molecule has 0 bridgehead atoms. The van der Waals surface area contributed by atoms with Gasteiger partial charge < -0.3 is 10.8 Å². The van der Waals surface area contributed by atoms with Crippen molar-refractivity contribution in [1.82, 2.24) is 14.8 Å². The minimum absolute atomic E-state index is 0.216. The Morgan fingerprint density at radius 2 is 1.95 bits per heavy atom. The molecule has 0 aliphatic rings. The number of nitrogens with zero attached hydrogens (tertiary/aromatic N) is 2. The van der Waals surface area contributed by atoms with Crippen molar-refractivity contribution in [3.63, 3.8) is 0 Å². The Labute approximate surface area is 117 Å². The molecule has 0 radical (unpaired) electrons. The Balaban J connectivity index is 2.28. The summed E-state index contributed by atoms with van der Waals surface area (Å²) in [6, 6.07) is 6.45. The van der Waals surface area contributed by atoms with Crippen LogP contribution in [0.2, 0.25) is 0 Å². The van der Waals surface area contributed by atoms with E-state index in [4.69, 9.17) is 5.73 Å². The molecule has 0 amide bonds. The number of hydrogen-bond acceptors (Lipinski definition) is 4. The van der Waals surface area contributed by atoms with Gasteiger partial charge in [0.15, 0.2) is 5.82 Å². The van der Waals surface area contributed by atoms with Gasteiger partial charge in [0.25, 0.3) is 0 Å². The Kier molecular flexibility index (Phi) is 3.67. The molecule has 6 nitrogen and oxygen atoms in total. The summed E-state index contributed by atoms with van der Waals surface area (Å²) in [5.41, 5.74) is 6.51. The van der Waals surface area contributed by atoms with E-state index in [0.717, 1.165) is 5.56 Å². The van der Waals surface area contributed by atoms with Crippen LogP contribution in [0.4, 0.5) is 0 Å². The van der Waals surface area contributed by atoms with E-state index in [1.807, 2.05) is 20.8 Å². The van der Waals surface area contributed by atoms with Crippen LogP contribution >= 0.6 is 0 Å². The Morgan fingerprint density at radius 3 is 2.50 bits per heavy atom. The van der Waals surface area contributed by atoms with Gasteiger partial charge in [0, 0.05) is 5.54 Å². The zero-order valence-electron chi connectivity index (χ0n) is 11.9. The topological polar surface area (TPSA) is 96.9 Å². The fourth-order valence-corrected chi connectivity index (χ4v) is 2.18. The lowest BCUT2D eigenvalue weighted by atomic mass is 10.0. The molecule has 1 aromatic carbocycles. The predicted octanol–water partition coefficient (Wildman–Crippen LogP) is 1.27. The average Bonchev–Trinajstić information content (AvgIpc) is 2.74. The van der Waals surface area contributed by atoms with Crippen LogP contribution in [0, 0.1) is 0 Å². The molecule has 1 atom stereocenters. The van der Waals surface area contributed by atoms with Crippen molar-refractivity contribution < 1.29 is 5.11 Å². The van der Waals surface area contributed by atoms with E-state index in [1.165, 1.54) is 0 Å². The van der Waals surface area contributed by atoms with E-state index in [2.05, 4.69) is 10.2 Å². The largest absolute Gasteiger partial charge is 0.508 e. The fraction of sp³-hybridized carbons (Fsp3) is 0.429. The fourth-order valence-electron chi connectivity index (χ4n) is 2.18. The van der Waals surface area contributed by atoms with Crippen molar-refractivity contribution in [2.75, 3.05) is 0 Å². The molecule has 1 heterocycles. The molecule has 0 spiro atoms. The number of hydrogen-bond donors (Lipinski definition) is 3. The second-order valence-electron chi connectivity index (χ2n) is 5.87. The maximum Gasteiger partial charge on any atom is 0.343 e. The van der Waals surface area contributed by atoms with Crippen LogP contribution in [0.15, 0.2) is 29.1 Å². The number of benzene rings is 1. The van der Waals surface area contributed by atoms with Crippen molar-refractivity contribution >= 4 is 0 Å². The van der Waals surface area contributed by atoms with Gasteiger partial charge in [-0.2, -0.15) is 5.10 Å². The number of aromatic amines is 1. The maximum atomic E-state index is 11.8. The molecule has 2 rings (SSSR count). The highest BCUT2D eigenvalue weighted by molar-refractivity contribution is 5.26. The van der Waals surface area contributed by atoms with Crippen molar-refractivity contribution in [2.45, 2.75) is 38.8 Å². The van der Waals surface area contributed by atoms with E-state index in [9.17, 15) is 9.90 Å². The van der Waals surface area contributed by atoms with Crippen LogP contribution in [-0.2, 0) is 12.0 Å². The first kappa shape index (κ1) is 14.3. The van der Waals surface area contributed by atoms with Gasteiger partial charge in [0.1, 0.15) is 5.75 Å². The van der Waals surface area contributed by atoms with E-state index in [-0.39, 0.29) is 17.0 Å². The predicted molar refractivity (Wildman–Crippen MR) is 76.6 cm³/mol. The number of nitrogens with one attached hydrogen (secondary N) is 1. The third-order valence-electron chi connectivity index (χ3n) is 3.09. The highest BCUT2D eigenvalue weighted by Crippen LogP contribution is 2.20. The number of phenols is 1. The molecule has 4 N–H and O–H groups in total. The number of aromatic hydroxyl groups is 1. The van der Waals surface area contributed by atoms with Gasteiger partial charge in [0.2, 0.25) is 0 Å². The lowest BCUT2D eigenvalue weighted by Crippen LogP contribution is -2.35. The molecule has 0 unspecified atom stereocenters. The van der Waals surface area contributed by atoms with Gasteiger partial charge >= 0.3 is 5.69 Å². The minimum Gasteiger partial charge on any atom is -0.508 e. The standard InChI is InChI=1S/C14H20N4O2/c1-14(2,3)18-12(16-17-13(18)20)11(15)8-9-4-6-10(19)7-5-9/h4-7,11,19H,8,15H2,1-3H3,(H,17,20)/t11-/m0/s1. The molecule has 1 aromatic heterocycles. The molecule has 6 heteroatoms. The van der Waals surface area contributed by atoms with Gasteiger partial charge in [-0.3, -0.25) is 4.57 Å². The molecule has 0 aliphatic heterocycles.